The number of nitrogens with one attached hydrogen (secondary N) is 2. The van der Waals surface area contributed by atoms with E-state index in [9.17, 15) is 4.79 Å². The number of unbranched alkanes of at least 4 members (excludes halogenated alkanes) is 5. The molecule has 1 aliphatic rings. The van der Waals surface area contributed by atoms with E-state index in [0.29, 0.717) is 6.54 Å². The molecule has 1 atom stereocenters. The predicted molar refractivity (Wildman–Crippen MR) is 115 cm³/mol. The molecule has 4 nitrogen and oxygen atoms in total. The van der Waals surface area contributed by atoms with Crippen LogP contribution in [0.4, 0.5) is 4.79 Å². The van der Waals surface area contributed by atoms with E-state index in [-0.39, 0.29) is 18.0 Å². The molecule has 0 heterocycles. The average molecular weight is 375 g/mol. The van der Waals surface area contributed by atoms with Crippen molar-refractivity contribution in [3.8, 4) is 0 Å². The van der Waals surface area contributed by atoms with Crippen LogP contribution in [0.3, 0.4) is 0 Å². The number of carbonyl (C=O) groups is 1. The van der Waals surface area contributed by atoms with Gasteiger partial charge in [-0.25, -0.2) is 4.79 Å². The van der Waals surface area contributed by atoms with Crippen LogP contribution in [0.15, 0.2) is 48.6 Å². The zero-order valence-corrected chi connectivity index (χ0v) is 17.1. The summed E-state index contributed by atoms with van der Waals surface area (Å²) in [6, 6.07) is -0.212. The molecule has 2 amide bonds. The Morgan fingerprint density at radius 2 is 1.70 bits per heavy atom. The van der Waals surface area contributed by atoms with Gasteiger partial charge in [-0.15, -0.1) is 0 Å². The maximum atomic E-state index is 11.5. The number of carbonyl (C=O) groups excluding carboxylic acids is 1. The molecule has 152 valence electrons. The molecule has 0 saturated heterocycles. The lowest BCUT2D eigenvalue weighted by atomic mass is 9.82. The van der Waals surface area contributed by atoms with Gasteiger partial charge in [-0.05, 0) is 45.4 Å². The molecule has 4 heteroatoms. The van der Waals surface area contributed by atoms with E-state index in [1.54, 1.807) is 6.92 Å². The quantitative estimate of drug-likeness (QED) is 0.313. The van der Waals surface area contributed by atoms with E-state index < -0.39 is 6.10 Å². The summed E-state index contributed by atoms with van der Waals surface area (Å²) in [6.45, 7) is 4.82. The van der Waals surface area contributed by atoms with Crippen molar-refractivity contribution >= 4 is 6.03 Å². The van der Waals surface area contributed by atoms with Crippen LogP contribution in [0.25, 0.3) is 0 Å². The molecule has 1 rings (SSSR count). The van der Waals surface area contributed by atoms with Crippen molar-refractivity contribution in [3.63, 3.8) is 0 Å². The van der Waals surface area contributed by atoms with Crippen molar-refractivity contribution in [1.29, 1.82) is 0 Å². The topological polar surface area (TPSA) is 61.4 Å². The van der Waals surface area contributed by atoms with Crippen LogP contribution < -0.4 is 10.6 Å². The fourth-order valence-corrected chi connectivity index (χ4v) is 2.94. The highest BCUT2D eigenvalue weighted by Gasteiger charge is 2.17. The van der Waals surface area contributed by atoms with E-state index >= 15 is 0 Å². The first-order valence-electron chi connectivity index (χ1n) is 10.5. The highest BCUT2D eigenvalue weighted by atomic mass is 16.3. The van der Waals surface area contributed by atoms with Gasteiger partial charge in [0, 0.05) is 18.5 Å². The van der Waals surface area contributed by atoms with Gasteiger partial charge >= 0.3 is 6.03 Å². The Morgan fingerprint density at radius 1 is 1.07 bits per heavy atom. The first-order chi connectivity index (χ1) is 13.1. The molecule has 0 aromatic carbocycles. The normalized spacial score (nSPS) is 16.9. The second-order valence-corrected chi connectivity index (χ2v) is 7.32. The number of rotatable bonds is 13. The lowest BCUT2D eigenvalue weighted by molar-refractivity contribution is 0.187. The zero-order valence-electron chi connectivity index (χ0n) is 17.1. The molecular weight excluding hydrogens is 336 g/mol. The Hall–Kier alpha value is -1.81. The van der Waals surface area contributed by atoms with E-state index in [1.807, 2.05) is 0 Å². The molecule has 0 radical (unpaired) electrons. The minimum atomic E-state index is -0.517. The van der Waals surface area contributed by atoms with E-state index in [1.165, 1.54) is 19.3 Å². The first kappa shape index (κ1) is 23.2. The molecule has 0 unspecified atom stereocenters. The first-order valence-corrected chi connectivity index (χ1v) is 10.5. The van der Waals surface area contributed by atoms with Crippen LogP contribution in [-0.4, -0.2) is 30.3 Å². The van der Waals surface area contributed by atoms with Crippen LogP contribution in [0.5, 0.6) is 0 Å². The predicted octanol–water partition coefficient (Wildman–Crippen LogP) is 5.03. The number of hydrogen-bond acceptors (Lipinski definition) is 2. The highest BCUT2D eigenvalue weighted by molar-refractivity contribution is 5.73. The number of amides is 2. The zero-order chi connectivity index (χ0) is 19.8. The minimum absolute atomic E-state index is 0.0659. The number of aliphatic hydroxyl groups excluding tert-OH is 1. The van der Waals surface area contributed by atoms with Crippen molar-refractivity contribution in [2.24, 2.45) is 5.41 Å². The fraction of sp³-hybridized carbons (Fsp3) is 0.609. The number of urea groups is 1. The van der Waals surface area contributed by atoms with Gasteiger partial charge in [0.05, 0.1) is 6.10 Å². The molecule has 0 bridgehead atoms. The Kier molecular flexibility index (Phi) is 12.3. The molecule has 0 saturated carbocycles. The summed E-state index contributed by atoms with van der Waals surface area (Å²) in [6.07, 6.45) is 26.7. The largest absolute Gasteiger partial charge is 0.392 e. The molecule has 0 spiro atoms. The fourth-order valence-electron chi connectivity index (χ4n) is 2.94. The number of allylic oxidation sites excluding steroid dienone is 8. The third kappa shape index (κ3) is 11.5. The number of aliphatic hydroxyl groups is 1. The maximum absolute atomic E-state index is 11.5. The second kappa shape index (κ2) is 14.3. The molecular formula is C23H38N2O2. The minimum Gasteiger partial charge on any atom is -0.392 e. The van der Waals surface area contributed by atoms with E-state index in [0.717, 1.165) is 32.1 Å². The summed E-state index contributed by atoms with van der Waals surface area (Å²) in [5.74, 6) is 0. The van der Waals surface area contributed by atoms with Crippen LogP contribution in [0.1, 0.15) is 65.2 Å². The molecule has 27 heavy (non-hydrogen) atoms. The lowest BCUT2D eigenvalue weighted by Crippen LogP contribution is -2.39. The molecule has 0 aromatic rings. The van der Waals surface area contributed by atoms with Gasteiger partial charge in [-0.3, -0.25) is 0 Å². The molecule has 0 fully saturated rings. The Morgan fingerprint density at radius 3 is 2.30 bits per heavy atom. The molecule has 1 aliphatic carbocycles. The highest BCUT2D eigenvalue weighted by Crippen LogP contribution is 2.29. The van der Waals surface area contributed by atoms with Crippen molar-refractivity contribution in [2.45, 2.75) is 71.3 Å². The van der Waals surface area contributed by atoms with Crippen molar-refractivity contribution in [1.82, 2.24) is 10.6 Å². The average Bonchev–Trinajstić information content (AvgIpc) is 2.66. The number of hydrogen-bond donors (Lipinski definition) is 3. The van der Waals surface area contributed by atoms with Crippen LogP contribution in [0.2, 0.25) is 0 Å². The van der Waals surface area contributed by atoms with Crippen molar-refractivity contribution in [2.75, 3.05) is 13.1 Å². The Balaban J connectivity index is 2.28. The molecule has 3 N–H and O–H groups in total. The van der Waals surface area contributed by atoms with Gasteiger partial charge in [0.15, 0.2) is 0 Å². The SMILES string of the molecule is CCCCC/C=C\C1(/C=C\CCCCNC(=O)NC[C@H](C)O)C=CCC=C1. The Bertz CT molecular complexity index is 506. The smallest absolute Gasteiger partial charge is 0.314 e. The van der Waals surface area contributed by atoms with Gasteiger partial charge in [0.1, 0.15) is 0 Å². The van der Waals surface area contributed by atoms with Crippen LogP contribution in [-0.2, 0) is 0 Å². The third-order valence-electron chi connectivity index (χ3n) is 4.51. The summed E-state index contributed by atoms with van der Waals surface area (Å²) < 4.78 is 0. The maximum Gasteiger partial charge on any atom is 0.314 e. The lowest BCUT2D eigenvalue weighted by Gasteiger charge is -2.22. The third-order valence-corrected chi connectivity index (χ3v) is 4.51. The van der Waals surface area contributed by atoms with Gasteiger partial charge in [0.25, 0.3) is 0 Å². The molecule has 0 aromatic heterocycles. The summed E-state index contributed by atoms with van der Waals surface area (Å²) in [4.78, 5) is 11.5. The van der Waals surface area contributed by atoms with Crippen LogP contribution >= 0.6 is 0 Å². The molecule has 0 aliphatic heterocycles. The summed E-state index contributed by atoms with van der Waals surface area (Å²) >= 11 is 0. The van der Waals surface area contributed by atoms with Gasteiger partial charge in [-0.1, -0.05) is 68.4 Å². The second-order valence-electron chi connectivity index (χ2n) is 7.32. The van der Waals surface area contributed by atoms with Crippen molar-refractivity contribution in [3.05, 3.63) is 48.6 Å². The Labute approximate surface area is 165 Å². The van der Waals surface area contributed by atoms with Gasteiger partial charge < -0.3 is 15.7 Å². The van der Waals surface area contributed by atoms with Gasteiger partial charge in [0.2, 0.25) is 0 Å². The van der Waals surface area contributed by atoms with Gasteiger partial charge in [-0.2, -0.15) is 0 Å². The summed E-state index contributed by atoms with van der Waals surface area (Å²) in [5.41, 5.74) is -0.0659. The standard InChI is InChI=1S/C23H38N2O2/c1-3-4-5-6-10-15-23(17-12-9-13-18-23)16-11-7-8-14-19-24-22(27)25-20-21(2)26/h10-13,15-18,21,26H,3-9,14,19-20H2,1-2H3,(H2,24,25,27)/b15-10-,16-11-/t21-/m0/s1. The summed E-state index contributed by atoms with van der Waals surface area (Å²) in [7, 11) is 0. The van der Waals surface area contributed by atoms with Crippen molar-refractivity contribution < 1.29 is 9.90 Å². The van der Waals surface area contributed by atoms with E-state index in [2.05, 4.69) is 66.2 Å². The monoisotopic (exact) mass is 374 g/mol. The van der Waals surface area contributed by atoms with E-state index in [4.69, 9.17) is 5.11 Å². The summed E-state index contributed by atoms with van der Waals surface area (Å²) in [5, 5.41) is 14.6. The van der Waals surface area contributed by atoms with Crippen LogP contribution in [0, 0.1) is 5.41 Å².